The fourth-order valence-corrected chi connectivity index (χ4v) is 3.24. The molecule has 1 unspecified atom stereocenters. The van der Waals surface area contributed by atoms with Crippen LogP contribution in [0.1, 0.15) is 63.5 Å². The van der Waals surface area contributed by atoms with Gasteiger partial charge in [0.05, 0.1) is 12.7 Å². The highest BCUT2D eigenvalue weighted by Gasteiger charge is 2.27. The van der Waals surface area contributed by atoms with Crippen LogP contribution in [0.2, 0.25) is 0 Å². The minimum absolute atomic E-state index is 0.212. The highest BCUT2D eigenvalue weighted by atomic mass is 16.5. The highest BCUT2D eigenvalue weighted by molar-refractivity contribution is 5.94. The number of hydrogen-bond acceptors (Lipinski definition) is 3. The molecular formula is C17H25NO2. The molecule has 1 fully saturated rings. The van der Waals surface area contributed by atoms with Gasteiger partial charge in [-0.1, -0.05) is 6.42 Å². The first-order chi connectivity index (χ1) is 9.49. The van der Waals surface area contributed by atoms with Crippen LogP contribution in [-0.2, 0) is 4.74 Å². The van der Waals surface area contributed by atoms with Crippen LogP contribution < -0.4 is 5.32 Å². The van der Waals surface area contributed by atoms with Crippen LogP contribution in [0.15, 0.2) is 0 Å². The minimum atomic E-state index is -0.212. The SMILES string of the molecule is COC(=O)c1c(C)c(C)c(C)c(C)c1C1CCCCN1. The van der Waals surface area contributed by atoms with E-state index in [1.807, 2.05) is 6.92 Å². The zero-order chi connectivity index (χ0) is 14.9. The van der Waals surface area contributed by atoms with E-state index in [0.717, 1.165) is 29.7 Å². The maximum atomic E-state index is 12.3. The Morgan fingerprint density at radius 2 is 1.70 bits per heavy atom. The number of rotatable bonds is 2. The molecule has 0 spiro atoms. The molecule has 20 heavy (non-hydrogen) atoms. The third-order valence-corrected chi connectivity index (χ3v) is 4.78. The molecule has 3 nitrogen and oxygen atoms in total. The Kier molecular flexibility index (Phi) is 4.48. The molecular weight excluding hydrogens is 250 g/mol. The van der Waals surface area contributed by atoms with Gasteiger partial charge in [-0.2, -0.15) is 0 Å². The van der Waals surface area contributed by atoms with Crippen LogP contribution in [0.5, 0.6) is 0 Å². The van der Waals surface area contributed by atoms with Crippen molar-refractivity contribution in [3.8, 4) is 0 Å². The van der Waals surface area contributed by atoms with E-state index in [9.17, 15) is 4.79 Å². The Bertz CT molecular complexity index is 529. The van der Waals surface area contributed by atoms with E-state index in [0.29, 0.717) is 0 Å². The van der Waals surface area contributed by atoms with Gasteiger partial charge in [-0.15, -0.1) is 0 Å². The van der Waals surface area contributed by atoms with Crippen molar-refractivity contribution in [3.05, 3.63) is 33.4 Å². The van der Waals surface area contributed by atoms with E-state index in [1.165, 1.54) is 36.6 Å². The molecule has 1 aromatic carbocycles. The first kappa shape index (κ1) is 15.0. The summed E-state index contributed by atoms with van der Waals surface area (Å²) in [6.07, 6.45) is 3.52. The summed E-state index contributed by atoms with van der Waals surface area (Å²) in [5, 5.41) is 3.56. The van der Waals surface area contributed by atoms with E-state index >= 15 is 0 Å². The molecule has 0 amide bonds. The quantitative estimate of drug-likeness (QED) is 0.839. The van der Waals surface area contributed by atoms with Crippen LogP contribution in [0.25, 0.3) is 0 Å². The van der Waals surface area contributed by atoms with Crippen molar-refractivity contribution in [1.82, 2.24) is 5.32 Å². The van der Waals surface area contributed by atoms with Gasteiger partial charge in [0.2, 0.25) is 0 Å². The summed E-state index contributed by atoms with van der Waals surface area (Å²) in [5.74, 6) is -0.212. The molecule has 2 rings (SSSR count). The Balaban J connectivity index is 2.65. The van der Waals surface area contributed by atoms with Crippen molar-refractivity contribution in [2.45, 2.75) is 53.0 Å². The van der Waals surface area contributed by atoms with E-state index in [2.05, 4.69) is 26.1 Å². The normalized spacial score (nSPS) is 18.9. The van der Waals surface area contributed by atoms with E-state index in [1.54, 1.807) is 0 Å². The van der Waals surface area contributed by atoms with Gasteiger partial charge in [0.15, 0.2) is 0 Å². The fraction of sp³-hybridized carbons (Fsp3) is 0.588. The number of methoxy groups -OCH3 is 1. The average molecular weight is 275 g/mol. The highest BCUT2D eigenvalue weighted by Crippen LogP contribution is 2.34. The molecule has 3 heteroatoms. The van der Waals surface area contributed by atoms with E-state index in [-0.39, 0.29) is 12.0 Å². The van der Waals surface area contributed by atoms with Gasteiger partial charge < -0.3 is 10.1 Å². The molecule has 1 saturated heterocycles. The van der Waals surface area contributed by atoms with Crippen molar-refractivity contribution in [3.63, 3.8) is 0 Å². The molecule has 1 aliphatic rings. The molecule has 110 valence electrons. The number of esters is 1. The first-order valence-electron chi connectivity index (χ1n) is 7.41. The molecule has 1 heterocycles. The number of benzene rings is 1. The molecule has 0 aliphatic carbocycles. The maximum Gasteiger partial charge on any atom is 0.338 e. The van der Waals surface area contributed by atoms with Crippen molar-refractivity contribution >= 4 is 5.97 Å². The lowest BCUT2D eigenvalue weighted by atomic mass is 9.83. The fourth-order valence-electron chi connectivity index (χ4n) is 3.24. The van der Waals surface area contributed by atoms with Gasteiger partial charge in [0.25, 0.3) is 0 Å². The molecule has 1 atom stereocenters. The predicted molar refractivity (Wildman–Crippen MR) is 81.3 cm³/mol. The van der Waals surface area contributed by atoms with Crippen molar-refractivity contribution in [2.24, 2.45) is 0 Å². The number of ether oxygens (including phenoxy) is 1. The third-order valence-electron chi connectivity index (χ3n) is 4.78. The summed E-state index contributed by atoms with van der Waals surface area (Å²) in [6, 6.07) is 0.274. The second kappa shape index (κ2) is 5.96. The van der Waals surface area contributed by atoms with Gasteiger partial charge in [0.1, 0.15) is 0 Å². The van der Waals surface area contributed by atoms with Gasteiger partial charge >= 0.3 is 5.97 Å². The molecule has 0 aromatic heterocycles. The lowest BCUT2D eigenvalue weighted by Gasteiger charge is -2.29. The summed E-state index contributed by atoms with van der Waals surface area (Å²) in [7, 11) is 1.46. The zero-order valence-electron chi connectivity index (χ0n) is 13.2. The number of hydrogen-bond donors (Lipinski definition) is 1. The molecule has 1 aromatic rings. The minimum Gasteiger partial charge on any atom is -0.465 e. The Hall–Kier alpha value is -1.35. The Morgan fingerprint density at radius 1 is 1.05 bits per heavy atom. The monoisotopic (exact) mass is 275 g/mol. The average Bonchev–Trinajstić information content (AvgIpc) is 2.48. The molecule has 0 radical (unpaired) electrons. The number of piperidine rings is 1. The van der Waals surface area contributed by atoms with Crippen molar-refractivity contribution in [1.29, 1.82) is 0 Å². The smallest absolute Gasteiger partial charge is 0.338 e. The standard InChI is InChI=1S/C17H25NO2/c1-10-11(2)13(4)16(17(19)20-5)15(12(10)3)14-8-6-7-9-18-14/h14,18H,6-9H2,1-5H3. The predicted octanol–water partition coefficient (Wildman–Crippen LogP) is 3.52. The zero-order valence-corrected chi connectivity index (χ0v) is 13.2. The summed E-state index contributed by atoms with van der Waals surface area (Å²) in [4.78, 5) is 12.3. The Labute approximate surface area is 121 Å². The van der Waals surface area contributed by atoms with E-state index in [4.69, 9.17) is 4.74 Å². The molecule has 1 aliphatic heterocycles. The topological polar surface area (TPSA) is 38.3 Å². The Morgan fingerprint density at radius 3 is 2.25 bits per heavy atom. The van der Waals surface area contributed by atoms with E-state index < -0.39 is 0 Å². The van der Waals surface area contributed by atoms with Crippen LogP contribution in [0.4, 0.5) is 0 Å². The van der Waals surface area contributed by atoms with Gasteiger partial charge in [-0.05, 0) is 74.9 Å². The number of nitrogens with one attached hydrogen (secondary N) is 1. The van der Waals surface area contributed by atoms with Crippen molar-refractivity contribution in [2.75, 3.05) is 13.7 Å². The van der Waals surface area contributed by atoms with Gasteiger partial charge in [-0.3, -0.25) is 0 Å². The number of carbonyl (C=O) groups excluding carboxylic acids is 1. The van der Waals surface area contributed by atoms with Crippen LogP contribution in [-0.4, -0.2) is 19.6 Å². The third kappa shape index (κ3) is 2.47. The first-order valence-corrected chi connectivity index (χ1v) is 7.41. The van der Waals surface area contributed by atoms with Crippen molar-refractivity contribution < 1.29 is 9.53 Å². The summed E-state index contributed by atoms with van der Waals surface area (Å²) in [6.45, 7) is 9.41. The van der Waals surface area contributed by atoms with Crippen LogP contribution in [0.3, 0.4) is 0 Å². The number of carbonyl (C=O) groups is 1. The lowest BCUT2D eigenvalue weighted by molar-refractivity contribution is 0.0597. The van der Waals surface area contributed by atoms with Crippen LogP contribution in [0, 0.1) is 27.7 Å². The van der Waals surface area contributed by atoms with Gasteiger partial charge in [-0.25, -0.2) is 4.79 Å². The maximum absolute atomic E-state index is 12.3. The molecule has 1 N–H and O–H groups in total. The summed E-state index contributed by atoms with van der Waals surface area (Å²) < 4.78 is 5.03. The van der Waals surface area contributed by atoms with Crippen LogP contribution >= 0.6 is 0 Å². The second-order valence-corrected chi connectivity index (χ2v) is 5.78. The summed E-state index contributed by atoms with van der Waals surface area (Å²) in [5.41, 5.74) is 6.69. The summed E-state index contributed by atoms with van der Waals surface area (Å²) >= 11 is 0. The lowest BCUT2D eigenvalue weighted by Crippen LogP contribution is -2.30. The van der Waals surface area contributed by atoms with Gasteiger partial charge in [0, 0.05) is 6.04 Å². The molecule has 0 bridgehead atoms. The largest absolute Gasteiger partial charge is 0.465 e. The second-order valence-electron chi connectivity index (χ2n) is 5.78. The molecule has 0 saturated carbocycles.